The first kappa shape index (κ1) is 17.1. The Hall–Kier alpha value is -0.970. The van der Waals surface area contributed by atoms with Crippen LogP contribution >= 0.6 is 23.2 Å². The van der Waals surface area contributed by atoms with Crippen LogP contribution in [0.5, 0.6) is 5.75 Å². The maximum absolute atomic E-state index is 11.8. The standard InChI is InChI=1S/C14H19Cl2NO3/c1-3-19-9-5-8-17-14(18)10(2)20-12-7-4-6-11(15)13(12)16/h4,6-7,10H,3,5,8-9H2,1-2H3,(H,17,18). The molecule has 0 aliphatic rings. The van der Waals surface area contributed by atoms with Gasteiger partial charge in [0.2, 0.25) is 0 Å². The summed E-state index contributed by atoms with van der Waals surface area (Å²) in [6, 6.07) is 5.05. The minimum Gasteiger partial charge on any atom is -0.479 e. The van der Waals surface area contributed by atoms with Crippen molar-refractivity contribution in [2.24, 2.45) is 0 Å². The molecule has 0 heterocycles. The van der Waals surface area contributed by atoms with Crippen molar-refractivity contribution >= 4 is 29.1 Å². The van der Waals surface area contributed by atoms with E-state index in [4.69, 9.17) is 32.7 Å². The van der Waals surface area contributed by atoms with Gasteiger partial charge in [0.25, 0.3) is 5.91 Å². The van der Waals surface area contributed by atoms with Crippen LogP contribution in [0.15, 0.2) is 18.2 Å². The fourth-order valence-electron chi connectivity index (χ4n) is 1.49. The molecule has 0 bridgehead atoms. The maximum atomic E-state index is 11.8. The van der Waals surface area contributed by atoms with Crippen molar-refractivity contribution in [3.05, 3.63) is 28.2 Å². The lowest BCUT2D eigenvalue weighted by Gasteiger charge is -2.16. The molecule has 0 aliphatic heterocycles. The third-order valence-corrected chi connectivity index (χ3v) is 3.36. The minimum atomic E-state index is -0.641. The summed E-state index contributed by atoms with van der Waals surface area (Å²) in [6.07, 6.45) is 0.127. The third-order valence-electron chi connectivity index (χ3n) is 2.56. The highest BCUT2D eigenvalue weighted by Gasteiger charge is 2.16. The second kappa shape index (κ2) is 9.06. The topological polar surface area (TPSA) is 47.6 Å². The van der Waals surface area contributed by atoms with E-state index in [1.165, 1.54) is 0 Å². The van der Waals surface area contributed by atoms with Gasteiger partial charge >= 0.3 is 0 Å². The molecule has 1 aromatic rings. The predicted octanol–water partition coefficient (Wildman–Crippen LogP) is 3.30. The summed E-state index contributed by atoms with van der Waals surface area (Å²) in [6.45, 7) is 5.46. The summed E-state index contributed by atoms with van der Waals surface area (Å²) in [5.74, 6) is 0.202. The van der Waals surface area contributed by atoms with Gasteiger partial charge in [0, 0.05) is 19.8 Å². The number of nitrogens with one attached hydrogen (secondary N) is 1. The van der Waals surface area contributed by atoms with E-state index in [0.717, 1.165) is 6.42 Å². The number of amides is 1. The lowest BCUT2D eigenvalue weighted by molar-refractivity contribution is -0.127. The molecule has 1 unspecified atom stereocenters. The van der Waals surface area contributed by atoms with E-state index in [-0.39, 0.29) is 5.91 Å². The van der Waals surface area contributed by atoms with Crippen LogP contribution in [0.4, 0.5) is 0 Å². The molecule has 0 radical (unpaired) electrons. The number of hydrogen-bond acceptors (Lipinski definition) is 3. The summed E-state index contributed by atoms with van der Waals surface area (Å²) in [4.78, 5) is 11.8. The van der Waals surface area contributed by atoms with Crippen LogP contribution in [-0.2, 0) is 9.53 Å². The Morgan fingerprint density at radius 1 is 1.40 bits per heavy atom. The normalized spacial score (nSPS) is 12.0. The van der Waals surface area contributed by atoms with Crippen molar-refractivity contribution in [1.82, 2.24) is 5.32 Å². The zero-order chi connectivity index (χ0) is 15.0. The smallest absolute Gasteiger partial charge is 0.260 e. The molecular formula is C14H19Cl2NO3. The van der Waals surface area contributed by atoms with Crippen molar-refractivity contribution in [1.29, 1.82) is 0 Å². The average molecular weight is 320 g/mol. The Balaban J connectivity index is 2.39. The van der Waals surface area contributed by atoms with E-state index >= 15 is 0 Å². The number of carbonyl (C=O) groups is 1. The van der Waals surface area contributed by atoms with Crippen LogP contribution in [0, 0.1) is 0 Å². The molecule has 1 N–H and O–H groups in total. The van der Waals surface area contributed by atoms with Crippen LogP contribution in [0.3, 0.4) is 0 Å². The summed E-state index contributed by atoms with van der Waals surface area (Å²) >= 11 is 11.9. The predicted molar refractivity (Wildman–Crippen MR) is 80.7 cm³/mol. The zero-order valence-corrected chi connectivity index (χ0v) is 13.1. The minimum absolute atomic E-state index is 0.197. The monoisotopic (exact) mass is 319 g/mol. The first-order valence-corrected chi connectivity index (χ1v) is 7.28. The molecule has 0 aromatic heterocycles. The van der Waals surface area contributed by atoms with Gasteiger partial charge in [-0.25, -0.2) is 0 Å². The van der Waals surface area contributed by atoms with E-state index in [2.05, 4.69) is 5.32 Å². The number of benzene rings is 1. The lowest BCUT2D eigenvalue weighted by Crippen LogP contribution is -2.37. The van der Waals surface area contributed by atoms with Gasteiger partial charge in [-0.2, -0.15) is 0 Å². The van der Waals surface area contributed by atoms with E-state index in [1.807, 2.05) is 6.92 Å². The molecular weight excluding hydrogens is 301 g/mol. The van der Waals surface area contributed by atoms with Crippen LogP contribution in [0.1, 0.15) is 20.3 Å². The molecule has 4 nitrogen and oxygen atoms in total. The number of carbonyl (C=O) groups excluding carboxylic acids is 1. The van der Waals surface area contributed by atoms with Gasteiger partial charge in [-0.15, -0.1) is 0 Å². The van der Waals surface area contributed by atoms with E-state index < -0.39 is 6.10 Å². The second-order valence-electron chi connectivity index (χ2n) is 4.15. The Bertz CT molecular complexity index is 440. The second-order valence-corrected chi connectivity index (χ2v) is 4.94. The molecule has 6 heteroatoms. The zero-order valence-electron chi connectivity index (χ0n) is 11.6. The van der Waals surface area contributed by atoms with E-state index in [0.29, 0.717) is 35.6 Å². The molecule has 1 rings (SSSR count). The molecule has 1 aromatic carbocycles. The number of rotatable bonds is 8. The molecule has 1 atom stereocenters. The molecule has 0 fully saturated rings. The summed E-state index contributed by atoms with van der Waals surface area (Å²) < 4.78 is 10.7. The van der Waals surface area contributed by atoms with Crippen molar-refractivity contribution in [3.8, 4) is 5.75 Å². The molecule has 0 spiro atoms. The summed E-state index contributed by atoms with van der Waals surface area (Å²) in [5, 5.41) is 3.48. The van der Waals surface area contributed by atoms with Gasteiger partial charge in [-0.3, -0.25) is 4.79 Å². The van der Waals surface area contributed by atoms with Crippen LogP contribution in [0.25, 0.3) is 0 Å². The Morgan fingerprint density at radius 3 is 2.85 bits per heavy atom. The van der Waals surface area contributed by atoms with Gasteiger partial charge < -0.3 is 14.8 Å². The Kier molecular flexibility index (Phi) is 7.73. The van der Waals surface area contributed by atoms with Crippen molar-refractivity contribution in [3.63, 3.8) is 0 Å². The lowest BCUT2D eigenvalue weighted by atomic mass is 10.3. The van der Waals surface area contributed by atoms with Crippen LogP contribution < -0.4 is 10.1 Å². The Labute approximate surface area is 129 Å². The highest BCUT2D eigenvalue weighted by atomic mass is 35.5. The summed E-state index contributed by atoms with van der Waals surface area (Å²) in [5.41, 5.74) is 0. The van der Waals surface area contributed by atoms with Gasteiger partial charge in [-0.1, -0.05) is 29.3 Å². The quantitative estimate of drug-likeness (QED) is 0.748. The van der Waals surface area contributed by atoms with Crippen molar-refractivity contribution < 1.29 is 14.3 Å². The number of ether oxygens (including phenoxy) is 2. The first-order valence-electron chi connectivity index (χ1n) is 6.52. The first-order chi connectivity index (χ1) is 9.56. The molecule has 112 valence electrons. The highest BCUT2D eigenvalue weighted by molar-refractivity contribution is 6.42. The summed E-state index contributed by atoms with van der Waals surface area (Å²) in [7, 11) is 0. The van der Waals surface area contributed by atoms with Gasteiger partial charge in [0.15, 0.2) is 6.10 Å². The van der Waals surface area contributed by atoms with Gasteiger partial charge in [-0.05, 0) is 32.4 Å². The van der Waals surface area contributed by atoms with Gasteiger partial charge in [0.05, 0.1) is 5.02 Å². The number of hydrogen-bond donors (Lipinski definition) is 1. The maximum Gasteiger partial charge on any atom is 0.260 e. The molecule has 1 amide bonds. The SMILES string of the molecule is CCOCCCNC(=O)C(C)Oc1cccc(Cl)c1Cl. The molecule has 0 saturated heterocycles. The largest absolute Gasteiger partial charge is 0.479 e. The Morgan fingerprint density at radius 2 is 2.15 bits per heavy atom. The van der Waals surface area contributed by atoms with E-state index in [1.54, 1.807) is 25.1 Å². The van der Waals surface area contributed by atoms with Crippen LogP contribution in [0.2, 0.25) is 10.0 Å². The van der Waals surface area contributed by atoms with E-state index in [9.17, 15) is 4.79 Å². The molecule has 0 saturated carbocycles. The van der Waals surface area contributed by atoms with Crippen molar-refractivity contribution in [2.45, 2.75) is 26.4 Å². The molecule has 20 heavy (non-hydrogen) atoms. The third kappa shape index (κ3) is 5.57. The van der Waals surface area contributed by atoms with Gasteiger partial charge in [0.1, 0.15) is 10.8 Å². The number of halogens is 2. The highest BCUT2D eigenvalue weighted by Crippen LogP contribution is 2.31. The van der Waals surface area contributed by atoms with Crippen molar-refractivity contribution in [2.75, 3.05) is 19.8 Å². The van der Waals surface area contributed by atoms with Crippen LogP contribution in [-0.4, -0.2) is 31.8 Å². The molecule has 0 aliphatic carbocycles. The average Bonchev–Trinajstić information content (AvgIpc) is 2.43. The fourth-order valence-corrected chi connectivity index (χ4v) is 1.83. The fraction of sp³-hybridized carbons (Fsp3) is 0.500.